The molecule has 2 fully saturated rings. The first kappa shape index (κ1) is 19.7. The van der Waals surface area contributed by atoms with Crippen molar-refractivity contribution in [1.29, 1.82) is 0 Å². The quantitative estimate of drug-likeness (QED) is 0.805. The normalized spacial score (nSPS) is 23.7. The fourth-order valence-electron chi connectivity index (χ4n) is 4.48. The van der Waals surface area contributed by atoms with Crippen molar-refractivity contribution in [2.75, 3.05) is 18.4 Å². The number of nitrogens with zero attached hydrogens (tertiary/aromatic N) is 1. The minimum Gasteiger partial charge on any atom is -0.335 e. The van der Waals surface area contributed by atoms with Gasteiger partial charge in [-0.15, -0.1) is 0 Å². The van der Waals surface area contributed by atoms with E-state index in [1.165, 1.54) is 19.3 Å². The number of hydrogen-bond donors (Lipinski definition) is 2. The van der Waals surface area contributed by atoms with Crippen LogP contribution in [0.25, 0.3) is 0 Å². The Balaban J connectivity index is 1.48. The maximum absolute atomic E-state index is 12.6. The number of likely N-dealkylation sites (tertiary alicyclic amines) is 1. The van der Waals surface area contributed by atoms with Crippen LogP contribution < -0.4 is 10.6 Å². The Labute approximate surface area is 162 Å². The Morgan fingerprint density at radius 2 is 1.78 bits per heavy atom. The molecule has 148 valence electrons. The molecular weight excluding hydrogens is 338 g/mol. The van der Waals surface area contributed by atoms with Crippen molar-refractivity contribution in [3.05, 3.63) is 30.3 Å². The van der Waals surface area contributed by atoms with Crippen LogP contribution in [0.2, 0.25) is 0 Å². The molecule has 0 bridgehead atoms. The van der Waals surface area contributed by atoms with E-state index in [0.717, 1.165) is 44.5 Å². The molecule has 1 aliphatic heterocycles. The number of urea groups is 1. The molecule has 1 heterocycles. The van der Waals surface area contributed by atoms with Gasteiger partial charge in [0.25, 0.3) is 0 Å². The lowest BCUT2D eigenvalue weighted by Crippen LogP contribution is -2.51. The van der Waals surface area contributed by atoms with Crippen LogP contribution in [0.5, 0.6) is 0 Å². The highest BCUT2D eigenvalue weighted by atomic mass is 16.2. The van der Waals surface area contributed by atoms with Crippen molar-refractivity contribution < 1.29 is 9.59 Å². The van der Waals surface area contributed by atoms with Gasteiger partial charge in [-0.25, -0.2) is 4.79 Å². The zero-order valence-electron chi connectivity index (χ0n) is 16.5. The van der Waals surface area contributed by atoms with E-state index in [1.54, 1.807) is 0 Å². The van der Waals surface area contributed by atoms with Gasteiger partial charge in [0.2, 0.25) is 5.91 Å². The van der Waals surface area contributed by atoms with Crippen molar-refractivity contribution in [2.45, 2.75) is 64.3 Å². The Morgan fingerprint density at radius 1 is 1.04 bits per heavy atom. The van der Waals surface area contributed by atoms with Gasteiger partial charge in [0.15, 0.2) is 0 Å². The van der Waals surface area contributed by atoms with Crippen molar-refractivity contribution in [1.82, 2.24) is 10.2 Å². The second-order valence-electron chi connectivity index (χ2n) is 8.07. The lowest BCUT2D eigenvalue weighted by atomic mass is 9.81. The molecule has 0 unspecified atom stereocenters. The van der Waals surface area contributed by atoms with Crippen molar-refractivity contribution in [2.24, 2.45) is 11.8 Å². The smallest absolute Gasteiger partial charge is 0.317 e. The topological polar surface area (TPSA) is 61.4 Å². The number of para-hydroxylation sites is 1. The zero-order valence-corrected chi connectivity index (χ0v) is 16.5. The van der Waals surface area contributed by atoms with E-state index in [4.69, 9.17) is 0 Å². The summed E-state index contributed by atoms with van der Waals surface area (Å²) in [5.74, 6) is 0.805. The molecule has 1 aromatic carbocycles. The fraction of sp³-hybridized carbons (Fsp3) is 0.636. The van der Waals surface area contributed by atoms with E-state index >= 15 is 0 Å². The van der Waals surface area contributed by atoms with Gasteiger partial charge >= 0.3 is 6.03 Å². The maximum atomic E-state index is 12.6. The third-order valence-electron chi connectivity index (χ3n) is 6.14. The summed E-state index contributed by atoms with van der Waals surface area (Å²) in [5, 5.41) is 6.22. The molecule has 27 heavy (non-hydrogen) atoms. The zero-order chi connectivity index (χ0) is 19.1. The fourth-order valence-corrected chi connectivity index (χ4v) is 4.48. The Bertz CT molecular complexity index is 613. The van der Waals surface area contributed by atoms with Gasteiger partial charge in [-0.3, -0.25) is 4.79 Å². The van der Waals surface area contributed by atoms with Crippen LogP contribution in [0.3, 0.4) is 0 Å². The minimum absolute atomic E-state index is 0.0738. The van der Waals surface area contributed by atoms with Gasteiger partial charge in [-0.2, -0.15) is 0 Å². The number of carbonyl (C=O) groups excluding carboxylic acids is 2. The van der Waals surface area contributed by atoms with E-state index in [-0.39, 0.29) is 11.9 Å². The van der Waals surface area contributed by atoms with E-state index < -0.39 is 0 Å². The van der Waals surface area contributed by atoms with Crippen LogP contribution in [0.1, 0.15) is 58.3 Å². The van der Waals surface area contributed by atoms with Crippen LogP contribution in [0.15, 0.2) is 30.3 Å². The molecule has 1 saturated carbocycles. The first-order chi connectivity index (χ1) is 13.2. The number of hydrogen-bond acceptors (Lipinski definition) is 2. The first-order valence-electron chi connectivity index (χ1n) is 10.6. The summed E-state index contributed by atoms with van der Waals surface area (Å²) in [6.45, 7) is 3.67. The minimum atomic E-state index is 0.0738. The number of carbonyl (C=O) groups is 2. The highest BCUT2D eigenvalue weighted by Gasteiger charge is 2.32. The van der Waals surface area contributed by atoms with Crippen LogP contribution in [0, 0.1) is 11.8 Å². The predicted octanol–water partition coefficient (Wildman–Crippen LogP) is 4.41. The van der Waals surface area contributed by atoms with Crippen molar-refractivity contribution >= 4 is 17.6 Å². The van der Waals surface area contributed by atoms with Gasteiger partial charge in [0.1, 0.15) is 0 Å². The summed E-state index contributed by atoms with van der Waals surface area (Å²) in [7, 11) is 0. The standard InChI is InChI=1S/C22H33N3O2/c1-2-17-16-25(22(27)24-20-11-7-4-8-12-20)14-13-18(17)15-21(26)23-19-9-5-3-6-10-19/h3,5-6,9-10,17-18,20H,2,4,7-8,11-16H2,1H3,(H,23,26)(H,24,27)/t17-,18-/m0/s1. The molecule has 1 aromatic rings. The third kappa shape index (κ3) is 5.72. The van der Waals surface area contributed by atoms with E-state index in [2.05, 4.69) is 17.6 Å². The SMILES string of the molecule is CC[C@H]1CN(C(=O)NC2CCCCC2)CC[C@H]1CC(=O)Nc1ccccc1. The Morgan fingerprint density at radius 3 is 2.48 bits per heavy atom. The highest BCUT2D eigenvalue weighted by molar-refractivity contribution is 5.90. The molecule has 3 rings (SSSR count). The van der Waals surface area contributed by atoms with Gasteiger partial charge in [-0.1, -0.05) is 50.8 Å². The van der Waals surface area contributed by atoms with E-state index in [0.29, 0.717) is 24.3 Å². The van der Waals surface area contributed by atoms with Crippen LogP contribution >= 0.6 is 0 Å². The van der Waals surface area contributed by atoms with Crippen molar-refractivity contribution in [3.8, 4) is 0 Å². The van der Waals surface area contributed by atoms with Crippen LogP contribution in [-0.4, -0.2) is 36.0 Å². The Kier molecular flexibility index (Phi) is 7.13. The van der Waals surface area contributed by atoms with Gasteiger partial charge in [0, 0.05) is 31.2 Å². The second kappa shape index (κ2) is 9.77. The summed E-state index contributed by atoms with van der Waals surface area (Å²) in [4.78, 5) is 27.0. The molecule has 0 radical (unpaired) electrons. The summed E-state index contributed by atoms with van der Waals surface area (Å²) >= 11 is 0. The molecule has 1 saturated heterocycles. The molecule has 5 nitrogen and oxygen atoms in total. The van der Waals surface area contributed by atoms with Gasteiger partial charge < -0.3 is 15.5 Å². The number of anilines is 1. The maximum Gasteiger partial charge on any atom is 0.317 e. The average molecular weight is 372 g/mol. The molecular formula is C22H33N3O2. The molecule has 2 N–H and O–H groups in total. The molecule has 2 atom stereocenters. The summed E-state index contributed by atoms with van der Waals surface area (Å²) in [5.41, 5.74) is 0.847. The highest BCUT2D eigenvalue weighted by Crippen LogP contribution is 2.29. The number of nitrogens with one attached hydrogen (secondary N) is 2. The van der Waals surface area contributed by atoms with Crippen LogP contribution in [-0.2, 0) is 4.79 Å². The molecule has 2 aliphatic rings. The number of amides is 3. The predicted molar refractivity (Wildman–Crippen MR) is 109 cm³/mol. The number of benzene rings is 1. The lowest BCUT2D eigenvalue weighted by Gasteiger charge is -2.39. The molecule has 3 amide bonds. The average Bonchev–Trinajstić information content (AvgIpc) is 2.69. The molecule has 0 aromatic heterocycles. The third-order valence-corrected chi connectivity index (χ3v) is 6.14. The van der Waals surface area contributed by atoms with Crippen LogP contribution in [0.4, 0.5) is 10.5 Å². The summed E-state index contributed by atoms with van der Waals surface area (Å²) < 4.78 is 0. The molecule has 5 heteroatoms. The second-order valence-corrected chi connectivity index (χ2v) is 8.07. The summed E-state index contributed by atoms with van der Waals surface area (Å²) in [6, 6.07) is 10.0. The van der Waals surface area contributed by atoms with E-state index in [9.17, 15) is 9.59 Å². The number of rotatable bonds is 5. The van der Waals surface area contributed by atoms with Gasteiger partial charge in [-0.05, 0) is 43.2 Å². The first-order valence-corrected chi connectivity index (χ1v) is 10.6. The van der Waals surface area contributed by atoms with Crippen molar-refractivity contribution in [3.63, 3.8) is 0 Å². The lowest BCUT2D eigenvalue weighted by molar-refractivity contribution is -0.117. The van der Waals surface area contributed by atoms with Gasteiger partial charge in [0.05, 0.1) is 0 Å². The molecule has 0 spiro atoms. The number of piperidine rings is 1. The Hall–Kier alpha value is -2.04. The van der Waals surface area contributed by atoms with E-state index in [1.807, 2.05) is 35.2 Å². The summed E-state index contributed by atoms with van der Waals surface area (Å²) in [6.07, 6.45) is 8.39. The molecule has 1 aliphatic carbocycles. The largest absolute Gasteiger partial charge is 0.335 e. The monoisotopic (exact) mass is 371 g/mol.